The quantitative estimate of drug-likeness (QED) is 0.643. The van der Waals surface area contributed by atoms with Crippen molar-refractivity contribution in [3.8, 4) is 5.75 Å². The van der Waals surface area contributed by atoms with Crippen LogP contribution in [0.1, 0.15) is 10.4 Å². The van der Waals surface area contributed by atoms with Crippen molar-refractivity contribution < 1.29 is 17.9 Å². The maximum Gasteiger partial charge on any atom is 0.251 e. The zero-order valence-electron chi connectivity index (χ0n) is 14.2. The Hall–Kier alpha value is -1.61. The highest BCUT2D eigenvalue weighted by molar-refractivity contribution is 9.10. The van der Waals surface area contributed by atoms with Gasteiger partial charge >= 0.3 is 0 Å². The molecule has 0 aliphatic rings. The predicted molar refractivity (Wildman–Crippen MR) is 104 cm³/mol. The average molecular weight is 462 g/mol. The third-order valence-corrected chi connectivity index (χ3v) is 6.48. The van der Waals surface area contributed by atoms with E-state index in [0.717, 1.165) is 4.31 Å². The zero-order chi connectivity index (χ0) is 19.3. The van der Waals surface area contributed by atoms with Gasteiger partial charge in [-0.05, 0) is 58.4 Å². The van der Waals surface area contributed by atoms with Crippen LogP contribution in [-0.4, -0.2) is 45.9 Å². The minimum atomic E-state index is -3.66. The van der Waals surface area contributed by atoms with Gasteiger partial charge in [-0.3, -0.25) is 4.79 Å². The van der Waals surface area contributed by atoms with E-state index in [2.05, 4.69) is 21.2 Å². The lowest BCUT2D eigenvalue weighted by atomic mass is 10.2. The number of sulfonamides is 1. The number of rotatable bonds is 7. The Bertz CT molecular complexity index is 886. The maximum atomic E-state index is 12.3. The Kier molecular flexibility index (Phi) is 7.05. The third kappa shape index (κ3) is 5.20. The van der Waals surface area contributed by atoms with Gasteiger partial charge < -0.3 is 10.1 Å². The van der Waals surface area contributed by atoms with Crippen molar-refractivity contribution in [3.63, 3.8) is 0 Å². The van der Waals surface area contributed by atoms with E-state index in [1.807, 2.05) is 0 Å². The Morgan fingerprint density at radius 3 is 2.46 bits per heavy atom. The molecule has 2 rings (SSSR count). The zero-order valence-corrected chi connectivity index (χ0v) is 17.4. The molecule has 0 aliphatic carbocycles. The van der Waals surface area contributed by atoms with E-state index in [-0.39, 0.29) is 29.5 Å². The molecule has 2 aromatic carbocycles. The van der Waals surface area contributed by atoms with E-state index < -0.39 is 10.0 Å². The number of nitrogens with zero attached hydrogens (tertiary/aromatic N) is 1. The molecule has 9 heteroatoms. The van der Waals surface area contributed by atoms with Gasteiger partial charge in [-0.1, -0.05) is 11.6 Å². The smallest absolute Gasteiger partial charge is 0.251 e. The molecule has 0 fully saturated rings. The van der Waals surface area contributed by atoms with Crippen molar-refractivity contribution in [2.75, 3.05) is 27.2 Å². The summed E-state index contributed by atoms with van der Waals surface area (Å²) in [5, 5.41) is 3.31. The molecule has 0 saturated heterocycles. The molecule has 0 unspecified atom stereocenters. The minimum absolute atomic E-state index is 0.0348. The summed E-state index contributed by atoms with van der Waals surface area (Å²) < 4.78 is 31.6. The monoisotopic (exact) mass is 460 g/mol. The summed E-state index contributed by atoms with van der Waals surface area (Å²) in [5.74, 6) is 0.263. The highest BCUT2D eigenvalue weighted by Crippen LogP contribution is 2.25. The second kappa shape index (κ2) is 8.85. The molecule has 2 aromatic rings. The molecule has 0 spiro atoms. The van der Waals surface area contributed by atoms with Crippen LogP contribution in [0.2, 0.25) is 5.02 Å². The molecular formula is C17H18BrClN2O4S. The lowest BCUT2D eigenvalue weighted by Crippen LogP contribution is -2.28. The lowest BCUT2D eigenvalue weighted by Gasteiger charge is -2.14. The number of hydrogen-bond donors (Lipinski definition) is 1. The first-order valence-corrected chi connectivity index (χ1v) is 10.2. The summed E-state index contributed by atoms with van der Waals surface area (Å²) in [7, 11) is -0.791. The van der Waals surface area contributed by atoms with E-state index >= 15 is 0 Å². The summed E-state index contributed by atoms with van der Waals surface area (Å²) in [6.45, 7) is 0.542. The first-order valence-electron chi connectivity index (χ1n) is 7.60. The summed E-state index contributed by atoms with van der Waals surface area (Å²) in [6, 6.07) is 11.3. The Labute approximate surface area is 166 Å². The third-order valence-electron chi connectivity index (χ3n) is 3.42. The maximum absolute atomic E-state index is 12.3. The van der Waals surface area contributed by atoms with Crippen LogP contribution in [0.4, 0.5) is 0 Å². The standard InChI is InChI=1S/C17H18BrClN2O4S/c1-21(2)26(23,24)16-11-12(3-8-15(16)18)17(22)20-9-10-25-14-6-4-13(19)5-7-14/h3-8,11H,9-10H2,1-2H3,(H,20,22). The number of ether oxygens (including phenoxy) is 1. The van der Waals surface area contributed by atoms with Crippen molar-refractivity contribution in [2.45, 2.75) is 4.90 Å². The topological polar surface area (TPSA) is 75.7 Å². The van der Waals surface area contributed by atoms with Crippen molar-refractivity contribution in [1.29, 1.82) is 0 Å². The minimum Gasteiger partial charge on any atom is -0.492 e. The van der Waals surface area contributed by atoms with Crippen LogP contribution in [0, 0.1) is 0 Å². The van der Waals surface area contributed by atoms with Crippen molar-refractivity contribution >= 4 is 43.5 Å². The summed E-state index contributed by atoms with van der Waals surface area (Å²) >= 11 is 9.01. The molecule has 140 valence electrons. The summed E-state index contributed by atoms with van der Waals surface area (Å²) in [6.07, 6.45) is 0. The molecule has 0 saturated carbocycles. The van der Waals surface area contributed by atoms with E-state index in [1.165, 1.54) is 26.2 Å². The van der Waals surface area contributed by atoms with Crippen LogP contribution in [0.15, 0.2) is 51.8 Å². The number of benzene rings is 2. The molecule has 0 aliphatic heterocycles. The van der Waals surface area contributed by atoms with E-state index in [1.54, 1.807) is 30.3 Å². The second-order valence-corrected chi connectivity index (χ2v) is 8.90. The number of amides is 1. The molecule has 26 heavy (non-hydrogen) atoms. The van der Waals surface area contributed by atoms with Gasteiger partial charge in [0, 0.05) is 29.2 Å². The van der Waals surface area contributed by atoms with Crippen molar-refractivity contribution in [3.05, 3.63) is 57.5 Å². The lowest BCUT2D eigenvalue weighted by molar-refractivity contribution is 0.0946. The van der Waals surface area contributed by atoms with Crippen LogP contribution in [0.25, 0.3) is 0 Å². The van der Waals surface area contributed by atoms with Gasteiger partial charge in [-0.15, -0.1) is 0 Å². The number of nitrogens with one attached hydrogen (secondary N) is 1. The van der Waals surface area contributed by atoms with E-state index in [0.29, 0.717) is 15.2 Å². The Morgan fingerprint density at radius 2 is 1.85 bits per heavy atom. The van der Waals surface area contributed by atoms with Gasteiger partial charge in [0.25, 0.3) is 5.91 Å². The highest BCUT2D eigenvalue weighted by atomic mass is 79.9. The van der Waals surface area contributed by atoms with E-state index in [4.69, 9.17) is 16.3 Å². The van der Waals surface area contributed by atoms with Gasteiger partial charge in [0.05, 0.1) is 11.4 Å². The normalized spacial score (nSPS) is 11.4. The fraction of sp³-hybridized carbons (Fsp3) is 0.235. The van der Waals surface area contributed by atoms with Gasteiger partial charge in [0.15, 0.2) is 0 Å². The summed E-state index contributed by atoms with van der Waals surface area (Å²) in [4.78, 5) is 12.3. The predicted octanol–water partition coefficient (Wildman–Crippen LogP) is 3.16. The molecule has 1 N–H and O–H groups in total. The van der Waals surface area contributed by atoms with Crippen molar-refractivity contribution in [1.82, 2.24) is 9.62 Å². The highest BCUT2D eigenvalue weighted by Gasteiger charge is 2.22. The average Bonchev–Trinajstić information content (AvgIpc) is 2.60. The SMILES string of the molecule is CN(C)S(=O)(=O)c1cc(C(=O)NCCOc2ccc(Cl)cc2)ccc1Br. The van der Waals surface area contributed by atoms with Gasteiger partial charge in [-0.2, -0.15) is 0 Å². The van der Waals surface area contributed by atoms with Gasteiger partial charge in [0.2, 0.25) is 10.0 Å². The van der Waals surface area contributed by atoms with Crippen LogP contribution in [0.3, 0.4) is 0 Å². The first-order chi connectivity index (χ1) is 12.2. The fourth-order valence-corrected chi connectivity index (χ4v) is 3.98. The largest absolute Gasteiger partial charge is 0.492 e. The second-order valence-electron chi connectivity index (χ2n) is 5.49. The molecule has 0 radical (unpaired) electrons. The molecule has 0 bridgehead atoms. The van der Waals surface area contributed by atoms with Crippen LogP contribution in [-0.2, 0) is 10.0 Å². The number of hydrogen-bond acceptors (Lipinski definition) is 4. The first kappa shape index (κ1) is 20.7. The fourth-order valence-electron chi connectivity index (χ4n) is 2.01. The van der Waals surface area contributed by atoms with Gasteiger partial charge in [-0.25, -0.2) is 12.7 Å². The summed E-state index contributed by atoms with van der Waals surface area (Å²) in [5.41, 5.74) is 0.250. The molecular weight excluding hydrogens is 444 g/mol. The molecule has 0 aromatic heterocycles. The number of carbonyl (C=O) groups is 1. The number of halogens is 2. The molecule has 0 heterocycles. The molecule has 6 nitrogen and oxygen atoms in total. The molecule has 0 atom stereocenters. The molecule has 1 amide bonds. The van der Waals surface area contributed by atoms with Crippen LogP contribution in [0.5, 0.6) is 5.75 Å². The van der Waals surface area contributed by atoms with Crippen LogP contribution < -0.4 is 10.1 Å². The van der Waals surface area contributed by atoms with Gasteiger partial charge in [0.1, 0.15) is 12.4 Å². The van der Waals surface area contributed by atoms with E-state index in [9.17, 15) is 13.2 Å². The Morgan fingerprint density at radius 1 is 1.19 bits per heavy atom. The number of carbonyl (C=O) groups excluding carboxylic acids is 1. The van der Waals surface area contributed by atoms with Crippen LogP contribution >= 0.6 is 27.5 Å². The Balaban J connectivity index is 1.98. The van der Waals surface area contributed by atoms with Crippen molar-refractivity contribution in [2.24, 2.45) is 0 Å².